The lowest BCUT2D eigenvalue weighted by molar-refractivity contribution is 0.173. The average molecular weight is 315 g/mol. The third-order valence-corrected chi connectivity index (χ3v) is 6.74. The van der Waals surface area contributed by atoms with E-state index in [2.05, 4.69) is 0 Å². The molecule has 1 fully saturated rings. The smallest absolute Gasteiger partial charge is 0.243 e. The van der Waals surface area contributed by atoms with Crippen LogP contribution in [-0.2, 0) is 10.0 Å². The van der Waals surface area contributed by atoms with Crippen LogP contribution in [0.3, 0.4) is 0 Å². The Kier molecular flexibility index (Phi) is 5.12. The van der Waals surface area contributed by atoms with Crippen molar-refractivity contribution >= 4 is 21.8 Å². The molecule has 1 heterocycles. The predicted octanol–water partition coefficient (Wildman–Crippen LogP) is 2.26. The van der Waals surface area contributed by atoms with Crippen LogP contribution in [0.2, 0.25) is 0 Å². The molecule has 2 rings (SSSR count). The molecule has 6 heteroatoms. The summed E-state index contributed by atoms with van der Waals surface area (Å²) in [7, 11) is -3.47. The molecule has 0 spiro atoms. The zero-order chi connectivity index (χ0) is 14.8. The molecular weight excluding hydrogens is 294 g/mol. The van der Waals surface area contributed by atoms with Crippen molar-refractivity contribution in [2.45, 2.75) is 37.3 Å². The van der Waals surface area contributed by atoms with Gasteiger partial charge in [-0.15, -0.1) is 0 Å². The lowest BCUT2D eigenvalue weighted by Gasteiger charge is -2.32. The minimum atomic E-state index is -3.47. The SMILES string of the molecule is CCC(O)c1cccc(S(=O)(=O)N2CCSCC2C)c1. The Hall–Kier alpha value is -0.560. The molecule has 4 nitrogen and oxygen atoms in total. The molecule has 0 bridgehead atoms. The minimum Gasteiger partial charge on any atom is -0.388 e. The quantitative estimate of drug-likeness (QED) is 0.926. The fourth-order valence-electron chi connectivity index (χ4n) is 2.32. The maximum absolute atomic E-state index is 12.7. The summed E-state index contributed by atoms with van der Waals surface area (Å²) in [5, 5.41) is 9.87. The maximum Gasteiger partial charge on any atom is 0.243 e. The first-order chi connectivity index (χ1) is 9.46. The zero-order valence-corrected chi connectivity index (χ0v) is 13.5. The molecule has 1 aliphatic heterocycles. The van der Waals surface area contributed by atoms with E-state index in [0.717, 1.165) is 11.5 Å². The van der Waals surface area contributed by atoms with Gasteiger partial charge in [0.2, 0.25) is 10.0 Å². The van der Waals surface area contributed by atoms with E-state index >= 15 is 0 Å². The molecule has 2 unspecified atom stereocenters. The fraction of sp³-hybridized carbons (Fsp3) is 0.571. The highest BCUT2D eigenvalue weighted by atomic mass is 32.2. The van der Waals surface area contributed by atoms with Gasteiger partial charge in [-0.25, -0.2) is 8.42 Å². The Bertz CT molecular complexity index is 559. The van der Waals surface area contributed by atoms with Gasteiger partial charge < -0.3 is 5.11 Å². The van der Waals surface area contributed by atoms with E-state index < -0.39 is 16.1 Å². The monoisotopic (exact) mass is 315 g/mol. The van der Waals surface area contributed by atoms with Gasteiger partial charge in [0.1, 0.15) is 0 Å². The normalized spacial score (nSPS) is 22.6. The van der Waals surface area contributed by atoms with Gasteiger partial charge in [-0.05, 0) is 31.0 Å². The van der Waals surface area contributed by atoms with E-state index in [9.17, 15) is 13.5 Å². The van der Waals surface area contributed by atoms with Crippen molar-refractivity contribution in [3.05, 3.63) is 29.8 Å². The lowest BCUT2D eigenvalue weighted by atomic mass is 10.1. The summed E-state index contributed by atoms with van der Waals surface area (Å²) in [6, 6.07) is 6.68. The summed E-state index contributed by atoms with van der Waals surface area (Å²) in [5.74, 6) is 1.66. The van der Waals surface area contributed by atoms with Gasteiger partial charge in [0, 0.05) is 24.1 Å². The molecule has 1 aliphatic rings. The Balaban J connectivity index is 2.34. The van der Waals surface area contributed by atoms with E-state index in [-0.39, 0.29) is 10.9 Å². The molecule has 1 saturated heterocycles. The van der Waals surface area contributed by atoms with Gasteiger partial charge in [0.05, 0.1) is 11.0 Å². The molecule has 0 amide bonds. The van der Waals surface area contributed by atoms with Crippen LogP contribution in [0.15, 0.2) is 29.2 Å². The Morgan fingerprint density at radius 2 is 2.25 bits per heavy atom. The van der Waals surface area contributed by atoms with Gasteiger partial charge >= 0.3 is 0 Å². The number of rotatable bonds is 4. The van der Waals surface area contributed by atoms with Crippen molar-refractivity contribution in [1.82, 2.24) is 4.31 Å². The topological polar surface area (TPSA) is 57.6 Å². The summed E-state index contributed by atoms with van der Waals surface area (Å²) >= 11 is 1.78. The Morgan fingerprint density at radius 1 is 1.50 bits per heavy atom. The third-order valence-electron chi connectivity index (χ3n) is 3.54. The fourth-order valence-corrected chi connectivity index (χ4v) is 5.23. The van der Waals surface area contributed by atoms with Gasteiger partial charge in [0.25, 0.3) is 0 Å². The number of hydrogen-bond donors (Lipinski definition) is 1. The second kappa shape index (κ2) is 6.47. The van der Waals surface area contributed by atoms with E-state index in [0.29, 0.717) is 18.5 Å². The van der Waals surface area contributed by atoms with Crippen LogP contribution in [0, 0.1) is 0 Å². The first-order valence-electron chi connectivity index (χ1n) is 6.84. The van der Waals surface area contributed by atoms with Crippen molar-refractivity contribution in [2.24, 2.45) is 0 Å². The van der Waals surface area contributed by atoms with Crippen LogP contribution in [0.25, 0.3) is 0 Å². The number of nitrogens with zero attached hydrogens (tertiary/aromatic N) is 1. The van der Waals surface area contributed by atoms with Gasteiger partial charge in [-0.1, -0.05) is 19.1 Å². The average Bonchev–Trinajstić information content (AvgIpc) is 2.47. The first-order valence-corrected chi connectivity index (χ1v) is 9.44. The molecular formula is C14H21NO3S2. The summed E-state index contributed by atoms with van der Waals surface area (Å²) in [6.45, 7) is 4.36. The zero-order valence-electron chi connectivity index (χ0n) is 11.8. The molecule has 20 heavy (non-hydrogen) atoms. The first kappa shape index (κ1) is 15.8. The maximum atomic E-state index is 12.7. The van der Waals surface area contributed by atoms with Crippen LogP contribution in [0.5, 0.6) is 0 Å². The number of sulfonamides is 1. The standard InChI is InChI=1S/C14H21NO3S2/c1-3-14(16)12-5-4-6-13(9-12)20(17,18)15-7-8-19-10-11(15)2/h4-6,9,11,14,16H,3,7-8,10H2,1-2H3. The van der Waals surface area contributed by atoms with Crippen LogP contribution in [-0.4, -0.2) is 41.9 Å². The second-order valence-corrected chi connectivity index (χ2v) is 8.08. The molecule has 0 radical (unpaired) electrons. The predicted molar refractivity (Wildman–Crippen MR) is 82.4 cm³/mol. The number of hydrogen-bond acceptors (Lipinski definition) is 4. The summed E-state index contributed by atoms with van der Waals surface area (Å²) in [5.41, 5.74) is 0.660. The van der Waals surface area contributed by atoms with E-state index in [1.165, 1.54) is 0 Å². The summed E-state index contributed by atoms with van der Waals surface area (Å²) < 4.78 is 27.0. The second-order valence-electron chi connectivity index (χ2n) is 5.04. The minimum absolute atomic E-state index is 0.0125. The number of thioether (sulfide) groups is 1. The summed E-state index contributed by atoms with van der Waals surface area (Å²) in [4.78, 5) is 0.279. The molecule has 1 N–H and O–H groups in total. The third kappa shape index (κ3) is 3.19. The highest BCUT2D eigenvalue weighted by Gasteiger charge is 2.31. The van der Waals surface area contributed by atoms with Gasteiger partial charge in [0.15, 0.2) is 0 Å². The molecule has 0 aromatic heterocycles. The molecule has 1 aromatic carbocycles. The van der Waals surface area contributed by atoms with E-state index in [1.54, 1.807) is 40.3 Å². The Labute approximate surface area is 125 Å². The van der Waals surface area contributed by atoms with Crippen LogP contribution in [0.1, 0.15) is 31.9 Å². The van der Waals surface area contributed by atoms with Crippen molar-refractivity contribution in [1.29, 1.82) is 0 Å². The van der Waals surface area contributed by atoms with Crippen LogP contribution >= 0.6 is 11.8 Å². The lowest BCUT2D eigenvalue weighted by Crippen LogP contribution is -2.44. The molecule has 0 saturated carbocycles. The van der Waals surface area contributed by atoms with Crippen molar-refractivity contribution in [3.63, 3.8) is 0 Å². The highest BCUT2D eigenvalue weighted by Crippen LogP contribution is 2.26. The molecule has 1 aromatic rings. The number of aliphatic hydroxyl groups excluding tert-OH is 1. The van der Waals surface area contributed by atoms with Crippen LogP contribution in [0.4, 0.5) is 0 Å². The van der Waals surface area contributed by atoms with E-state index in [1.807, 2.05) is 13.8 Å². The molecule has 112 valence electrons. The van der Waals surface area contributed by atoms with Crippen molar-refractivity contribution in [3.8, 4) is 0 Å². The molecule has 0 aliphatic carbocycles. The molecule has 2 atom stereocenters. The highest BCUT2D eigenvalue weighted by molar-refractivity contribution is 7.99. The van der Waals surface area contributed by atoms with Gasteiger partial charge in [-0.2, -0.15) is 16.1 Å². The van der Waals surface area contributed by atoms with Crippen molar-refractivity contribution in [2.75, 3.05) is 18.1 Å². The van der Waals surface area contributed by atoms with E-state index in [4.69, 9.17) is 0 Å². The van der Waals surface area contributed by atoms with Crippen LogP contribution < -0.4 is 0 Å². The largest absolute Gasteiger partial charge is 0.388 e. The van der Waals surface area contributed by atoms with Gasteiger partial charge in [-0.3, -0.25) is 0 Å². The van der Waals surface area contributed by atoms with Crippen molar-refractivity contribution < 1.29 is 13.5 Å². The summed E-state index contributed by atoms with van der Waals surface area (Å²) in [6.07, 6.45) is -0.0419. The number of aliphatic hydroxyl groups is 1. The number of benzene rings is 1. The Morgan fingerprint density at radius 3 is 2.90 bits per heavy atom.